The maximum Gasteiger partial charge on any atom is 0.270 e. The zero-order valence-corrected chi connectivity index (χ0v) is 16.8. The Morgan fingerprint density at radius 2 is 1.93 bits per heavy atom. The molecular formula is C21H26N4O3. The van der Waals surface area contributed by atoms with Crippen LogP contribution < -0.4 is 20.7 Å². The van der Waals surface area contributed by atoms with Gasteiger partial charge in [-0.05, 0) is 56.0 Å². The number of nitrogen functional groups attached to an aromatic ring is 1. The Morgan fingerprint density at radius 3 is 2.61 bits per heavy atom. The Balaban J connectivity index is 1.95. The number of aryl methyl sites for hydroxylation is 2. The van der Waals surface area contributed by atoms with E-state index in [-0.39, 0.29) is 29.4 Å². The van der Waals surface area contributed by atoms with Crippen LogP contribution >= 0.6 is 0 Å². The van der Waals surface area contributed by atoms with Gasteiger partial charge in [-0.1, -0.05) is 26.0 Å². The van der Waals surface area contributed by atoms with Gasteiger partial charge in [-0.2, -0.15) is 0 Å². The van der Waals surface area contributed by atoms with E-state index in [2.05, 4.69) is 10.3 Å². The van der Waals surface area contributed by atoms with Gasteiger partial charge in [0.05, 0.1) is 0 Å². The van der Waals surface area contributed by atoms with Crippen molar-refractivity contribution in [3.05, 3.63) is 41.5 Å². The molecule has 148 valence electrons. The standard InChI is InChI=1S/C21H26N4O3/c1-11(2)18-21(27)25(19-16(28-18)8-9-17(22)24-19)14(5)20(26)23-15-10-12(3)6-7-13(15)4/h6-11,14,18H,1-5H3,(H2,22,24)(H,23,26). The number of fused-ring (bicyclic) bond motifs is 1. The average Bonchev–Trinajstić information content (AvgIpc) is 2.63. The quantitative estimate of drug-likeness (QED) is 0.847. The molecule has 0 spiro atoms. The van der Waals surface area contributed by atoms with Crippen LogP contribution in [0.4, 0.5) is 17.3 Å². The number of amides is 2. The minimum absolute atomic E-state index is 0.0602. The fourth-order valence-corrected chi connectivity index (χ4v) is 3.16. The molecule has 2 atom stereocenters. The van der Waals surface area contributed by atoms with Gasteiger partial charge in [0, 0.05) is 5.69 Å². The topological polar surface area (TPSA) is 97.5 Å². The molecule has 0 aliphatic carbocycles. The molecule has 0 bridgehead atoms. The normalized spacial score (nSPS) is 17.1. The molecule has 28 heavy (non-hydrogen) atoms. The lowest BCUT2D eigenvalue weighted by atomic mass is 10.0. The van der Waals surface area contributed by atoms with E-state index in [4.69, 9.17) is 10.5 Å². The first kappa shape index (κ1) is 19.7. The molecule has 3 N–H and O–H groups in total. The van der Waals surface area contributed by atoms with Crippen molar-refractivity contribution in [3.63, 3.8) is 0 Å². The molecule has 0 saturated heterocycles. The Hall–Kier alpha value is -3.09. The fraction of sp³-hybridized carbons (Fsp3) is 0.381. The number of nitrogens with two attached hydrogens (primary N) is 1. The van der Waals surface area contributed by atoms with E-state index >= 15 is 0 Å². The molecule has 3 rings (SSSR count). The number of benzene rings is 1. The van der Waals surface area contributed by atoms with Gasteiger partial charge in [-0.15, -0.1) is 0 Å². The molecule has 7 heteroatoms. The zero-order chi connectivity index (χ0) is 20.6. The third kappa shape index (κ3) is 3.65. The number of hydrogen-bond acceptors (Lipinski definition) is 5. The molecule has 1 aromatic heterocycles. The molecule has 1 aliphatic rings. The monoisotopic (exact) mass is 382 g/mol. The molecule has 2 amide bonds. The minimum atomic E-state index is -0.786. The number of nitrogens with zero attached hydrogens (tertiary/aromatic N) is 2. The maximum atomic E-state index is 13.1. The van der Waals surface area contributed by atoms with Crippen molar-refractivity contribution in [3.8, 4) is 5.75 Å². The van der Waals surface area contributed by atoms with Crippen LogP contribution in [0.3, 0.4) is 0 Å². The van der Waals surface area contributed by atoms with Gasteiger partial charge in [0.1, 0.15) is 11.9 Å². The Kier molecular flexibility index (Phi) is 5.27. The van der Waals surface area contributed by atoms with Gasteiger partial charge in [0.25, 0.3) is 5.91 Å². The zero-order valence-electron chi connectivity index (χ0n) is 16.8. The van der Waals surface area contributed by atoms with Crippen LogP contribution in [0.25, 0.3) is 0 Å². The van der Waals surface area contributed by atoms with E-state index < -0.39 is 12.1 Å². The fourth-order valence-electron chi connectivity index (χ4n) is 3.16. The van der Waals surface area contributed by atoms with Crippen LogP contribution in [-0.2, 0) is 9.59 Å². The van der Waals surface area contributed by atoms with Crippen LogP contribution in [0.5, 0.6) is 5.75 Å². The molecule has 7 nitrogen and oxygen atoms in total. The highest BCUT2D eigenvalue weighted by molar-refractivity contribution is 6.07. The minimum Gasteiger partial charge on any atom is -0.476 e. The number of pyridine rings is 1. The Morgan fingerprint density at radius 1 is 1.21 bits per heavy atom. The predicted molar refractivity (Wildman–Crippen MR) is 109 cm³/mol. The molecule has 0 radical (unpaired) electrons. The summed E-state index contributed by atoms with van der Waals surface area (Å²) < 4.78 is 5.83. The smallest absolute Gasteiger partial charge is 0.270 e. The Labute approximate surface area is 164 Å². The number of aromatic nitrogens is 1. The number of anilines is 3. The van der Waals surface area contributed by atoms with Crippen molar-refractivity contribution < 1.29 is 14.3 Å². The molecule has 2 unspecified atom stereocenters. The summed E-state index contributed by atoms with van der Waals surface area (Å²) in [6.07, 6.45) is -0.686. The van der Waals surface area contributed by atoms with Crippen molar-refractivity contribution in [2.75, 3.05) is 16.0 Å². The summed E-state index contributed by atoms with van der Waals surface area (Å²) >= 11 is 0. The van der Waals surface area contributed by atoms with Gasteiger partial charge in [-0.25, -0.2) is 4.98 Å². The molecule has 0 saturated carbocycles. The first-order valence-corrected chi connectivity index (χ1v) is 9.33. The van der Waals surface area contributed by atoms with E-state index in [9.17, 15) is 9.59 Å². The van der Waals surface area contributed by atoms with Gasteiger partial charge < -0.3 is 15.8 Å². The van der Waals surface area contributed by atoms with E-state index in [1.165, 1.54) is 4.90 Å². The van der Waals surface area contributed by atoms with E-state index in [1.807, 2.05) is 45.9 Å². The number of ether oxygens (including phenoxy) is 1. The van der Waals surface area contributed by atoms with Crippen LogP contribution in [0.15, 0.2) is 30.3 Å². The first-order valence-electron chi connectivity index (χ1n) is 9.33. The second-order valence-corrected chi connectivity index (χ2v) is 7.53. The van der Waals surface area contributed by atoms with Crippen LogP contribution in [0.2, 0.25) is 0 Å². The Bertz CT molecular complexity index is 926. The molecule has 2 heterocycles. The van der Waals surface area contributed by atoms with Crippen LogP contribution in [0, 0.1) is 19.8 Å². The second-order valence-electron chi connectivity index (χ2n) is 7.53. The van der Waals surface area contributed by atoms with Crippen LogP contribution in [0.1, 0.15) is 31.9 Å². The summed E-state index contributed by atoms with van der Waals surface area (Å²) in [7, 11) is 0. The predicted octanol–water partition coefficient (Wildman–Crippen LogP) is 3.06. The van der Waals surface area contributed by atoms with E-state index in [0.29, 0.717) is 5.75 Å². The molecular weight excluding hydrogens is 356 g/mol. The summed E-state index contributed by atoms with van der Waals surface area (Å²) in [5.41, 5.74) is 8.52. The summed E-state index contributed by atoms with van der Waals surface area (Å²) in [6, 6.07) is 8.35. The second kappa shape index (κ2) is 7.50. The number of nitrogens with one attached hydrogen (secondary N) is 1. The lowest BCUT2D eigenvalue weighted by Gasteiger charge is -2.37. The first-order chi connectivity index (χ1) is 13.2. The molecule has 1 aliphatic heterocycles. The third-order valence-corrected chi connectivity index (χ3v) is 4.85. The summed E-state index contributed by atoms with van der Waals surface area (Å²) in [6.45, 7) is 9.36. The molecule has 2 aromatic rings. The largest absolute Gasteiger partial charge is 0.476 e. The lowest BCUT2D eigenvalue weighted by Crippen LogP contribution is -2.55. The highest BCUT2D eigenvalue weighted by Crippen LogP contribution is 2.36. The van der Waals surface area contributed by atoms with Crippen molar-refractivity contribution >= 4 is 29.1 Å². The number of carbonyl (C=O) groups excluding carboxylic acids is 2. The van der Waals surface area contributed by atoms with Crippen molar-refractivity contribution in [2.45, 2.75) is 46.8 Å². The van der Waals surface area contributed by atoms with Gasteiger partial charge in [0.2, 0.25) is 5.91 Å². The van der Waals surface area contributed by atoms with Gasteiger partial charge in [-0.3, -0.25) is 14.5 Å². The van der Waals surface area contributed by atoms with Gasteiger partial charge in [0.15, 0.2) is 17.7 Å². The summed E-state index contributed by atoms with van der Waals surface area (Å²) in [5.74, 6) is 0.301. The summed E-state index contributed by atoms with van der Waals surface area (Å²) in [5, 5.41) is 2.93. The van der Waals surface area contributed by atoms with Gasteiger partial charge >= 0.3 is 0 Å². The third-order valence-electron chi connectivity index (χ3n) is 4.85. The lowest BCUT2D eigenvalue weighted by molar-refractivity contribution is -0.130. The highest BCUT2D eigenvalue weighted by Gasteiger charge is 2.41. The SMILES string of the molecule is Cc1ccc(C)c(NC(=O)C(C)N2C(=O)C(C(C)C)Oc3ccc(N)nc32)c1. The number of hydrogen-bond donors (Lipinski definition) is 2. The van der Waals surface area contributed by atoms with Crippen molar-refractivity contribution in [2.24, 2.45) is 5.92 Å². The number of carbonyl (C=O) groups is 2. The number of rotatable bonds is 4. The average molecular weight is 382 g/mol. The van der Waals surface area contributed by atoms with Crippen molar-refractivity contribution in [1.82, 2.24) is 4.98 Å². The van der Waals surface area contributed by atoms with E-state index in [0.717, 1.165) is 16.8 Å². The van der Waals surface area contributed by atoms with E-state index in [1.54, 1.807) is 19.1 Å². The van der Waals surface area contributed by atoms with Crippen LogP contribution in [-0.4, -0.2) is 28.9 Å². The summed E-state index contributed by atoms with van der Waals surface area (Å²) in [4.78, 5) is 31.7. The van der Waals surface area contributed by atoms with Crippen molar-refractivity contribution in [1.29, 1.82) is 0 Å². The molecule has 1 aromatic carbocycles. The molecule has 0 fully saturated rings. The maximum absolute atomic E-state index is 13.1. The highest BCUT2D eigenvalue weighted by atomic mass is 16.5.